The van der Waals surface area contributed by atoms with Crippen LogP contribution in [-0.2, 0) is 12.8 Å². The maximum absolute atomic E-state index is 5.56. The van der Waals surface area contributed by atoms with E-state index in [-0.39, 0.29) is 0 Å². The van der Waals surface area contributed by atoms with Gasteiger partial charge in [-0.3, -0.25) is 0 Å². The van der Waals surface area contributed by atoms with Gasteiger partial charge in [0.2, 0.25) is 0 Å². The minimum absolute atomic E-state index is 0.637. The van der Waals surface area contributed by atoms with E-state index in [1.54, 1.807) is 0 Å². The molecule has 1 aliphatic rings. The molecule has 1 aliphatic heterocycles. The van der Waals surface area contributed by atoms with Crippen molar-refractivity contribution in [2.45, 2.75) is 58.9 Å². The van der Waals surface area contributed by atoms with Crippen molar-refractivity contribution >= 4 is 0 Å². The molecular formula is C18H29NO. The topological polar surface area (TPSA) is 21.3 Å². The molecule has 2 rings (SSSR count). The summed E-state index contributed by atoms with van der Waals surface area (Å²) in [5, 5.41) is 3.58. The number of fused-ring (bicyclic) bond motifs is 1. The molecule has 2 atom stereocenters. The Bertz CT molecular complexity index is 416. The van der Waals surface area contributed by atoms with Gasteiger partial charge in [0.25, 0.3) is 0 Å². The largest absolute Gasteiger partial charge is 0.493 e. The van der Waals surface area contributed by atoms with Crippen molar-refractivity contribution in [3.8, 4) is 5.75 Å². The van der Waals surface area contributed by atoms with Crippen LogP contribution in [0.5, 0.6) is 5.75 Å². The van der Waals surface area contributed by atoms with Gasteiger partial charge in [0.15, 0.2) is 0 Å². The quantitative estimate of drug-likeness (QED) is 0.775. The van der Waals surface area contributed by atoms with Crippen LogP contribution in [0.2, 0.25) is 0 Å². The molecule has 0 saturated heterocycles. The third kappa shape index (κ3) is 4.52. The highest BCUT2D eigenvalue weighted by molar-refractivity contribution is 5.39. The summed E-state index contributed by atoms with van der Waals surface area (Å²) < 4.78 is 5.56. The lowest BCUT2D eigenvalue weighted by Gasteiger charge is -2.18. The van der Waals surface area contributed by atoms with Gasteiger partial charge in [-0.05, 0) is 62.3 Å². The number of benzene rings is 1. The number of rotatable bonds is 8. The van der Waals surface area contributed by atoms with Gasteiger partial charge >= 0.3 is 0 Å². The second-order valence-electron chi connectivity index (χ2n) is 6.28. The molecule has 2 unspecified atom stereocenters. The molecule has 0 radical (unpaired) electrons. The van der Waals surface area contributed by atoms with Crippen LogP contribution in [0.25, 0.3) is 0 Å². The van der Waals surface area contributed by atoms with E-state index in [9.17, 15) is 0 Å². The molecule has 1 aromatic carbocycles. The maximum Gasteiger partial charge on any atom is 0.122 e. The van der Waals surface area contributed by atoms with E-state index >= 15 is 0 Å². The maximum atomic E-state index is 5.56. The monoisotopic (exact) mass is 275 g/mol. The minimum atomic E-state index is 0.637. The van der Waals surface area contributed by atoms with Crippen molar-refractivity contribution in [2.75, 3.05) is 13.2 Å². The fourth-order valence-electron chi connectivity index (χ4n) is 3.00. The van der Waals surface area contributed by atoms with Crippen molar-refractivity contribution in [1.29, 1.82) is 0 Å². The zero-order chi connectivity index (χ0) is 14.4. The van der Waals surface area contributed by atoms with E-state index in [1.165, 1.54) is 36.8 Å². The molecule has 2 nitrogen and oxygen atoms in total. The van der Waals surface area contributed by atoms with Crippen molar-refractivity contribution < 1.29 is 4.74 Å². The Balaban J connectivity index is 1.74. The molecule has 0 fully saturated rings. The van der Waals surface area contributed by atoms with Gasteiger partial charge in [-0.2, -0.15) is 0 Å². The first-order valence-electron chi connectivity index (χ1n) is 8.17. The van der Waals surface area contributed by atoms with E-state index in [1.807, 2.05) is 0 Å². The van der Waals surface area contributed by atoms with Crippen molar-refractivity contribution in [1.82, 2.24) is 5.32 Å². The normalized spacial score (nSPS) is 16.6. The Hall–Kier alpha value is -1.02. The van der Waals surface area contributed by atoms with Crippen LogP contribution >= 0.6 is 0 Å². The fourth-order valence-corrected chi connectivity index (χ4v) is 3.00. The van der Waals surface area contributed by atoms with Gasteiger partial charge in [-0.1, -0.05) is 26.0 Å². The van der Waals surface area contributed by atoms with Gasteiger partial charge in [0.1, 0.15) is 5.75 Å². The third-order valence-corrected chi connectivity index (χ3v) is 4.18. The standard InChI is InChI=1S/C18H29NO/c1-4-10-19-15(3)12-14(2)5-6-16-7-8-18-17(13-16)9-11-20-18/h7-8,13-15,19H,4-6,9-12H2,1-3H3. The summed E-state index contributed by atoms with van der Waals surface area (Å²) in [4.78, 5) is 0. The molecule has 0 aliphatic carbocycles. The summed E-state index contributed by atoms with van der Waals surface area (Å²) in [5.41, 5.74) is 2.86. The molecule has 0 amide bonds. The molecule has 1 aromatic rings. The Kier molecular flexibility index (Phi) is 5.90. The predicted octanol–water partition coefficient (Wildman–Crippen LogP) is 3.97. The number of nitrogens with one attached hydrogen (secondary N) is 1. The van der Waals surface area contributed by atoms with Gasteiger partial charge < -0.3 is 10.1 Å². The first-order valence-corrected chi connectivity index (χ1v) is 8.17. The molecule has 112 valence electrons. The van der Waals surface area contributed by atoms with Crippen LogP contribution in [0.3, 0.4) is 0 Å². The number of hydrogen-bond donors (Lipinski definition) is 1. The van der Waals surface area contributed by atoms with Crippen LogP contribution in [-0.4, -0.2) is 19.2 Å². The zero-order valence-electron chi connectivity index (χ0n) is 13.2. The summed E-state index contributed by atoms with van der Waals surface area (Å²) >= 11 is 0. The number of aryl methyl sites for hydroxylation is 1. The summed E-state index contributed by atoms with van der Waals surface area (Å²) in [7, 11) is 0. The smallest absolute Gasteiger partial charge is 0.122 e. The van der Waals surface area contributed by atoms with Crippen LogP contribution < -0.4 is 10.1 Å². The van der Waals surface area contributed by atoms with Gasteiger partial charge in [-0.25, -0.2) is 0 Å². The van der Waals surface area contributed by atoms with E-state index in [2.05, 4.69) is 44.3 Å². The van der Waals surface area contributed by atoms with Gasteiger partial charge in [0, 0.05) is 12.5 Å². The van der Waals surface area contributed by atoms with Crippen LogP contribution in [0.15, 0.2) is 18.2 Å². The predicted molar refractivity (Wildman–Crippen MR) is 85.5 cm³/mol. The Morgan fingerprint density at radius 2 is 2.15 bits per heavy atom. The summed E-state index contributed by atoms with van der Waals surface area (Å²) in [6, 6.07) is 7.36. The van der Waals surface area contributed by atoms with Crippen molar-refractivity contribution in [3.05, 3.63) is 29.3 Å². The Morgan fingerprint density at radius 3 is 2.95 bits per heavy atom. The lowest BCUT2D eigenvalue weighted by Crippen LogP contribution is -2.28. The van der Waals surface area contributed by atoms with E-state index in [0.29, 0.717) is 6.04 Å². The summed E-state index contributed by atoms with van der Waals surface area (Å²) in [6.45, 7) is 8.90. The van der Waals surface area contributed by atoms with Gasteiger partial charge in [0.05, 0.1) is 6.61 Å². The fraction of sp³-hybridized carbons (Fsp3) is 0.667. The molecule has 1 N–H and O–H groups in total. The van der Waals surface area contributed by atoms with Crippen molar-refractivity contribution in [3.63, 3.8) is 0 Å². The second kappa shape index (κ2) is 7.68. The number of hydrogen-bond acceptors (Lipinski definition) is 2. The summed E-state index contributed by atoms with van der Waals surface area (Å²) in [5.74, 6) is 1.87. The minimum Gasteiger partial charge on any atom is -0.493 e. The molecule has 0 bridgehead atoms. The molecule has 2 heteroatoms. The van der Waals surface area contributed by atoms with Gasteiger partial charge in [-0.15, -0.1) is 0 Å². The molecule has 1 heterocycles. The van der Waals surface area contributed by atoms with Crippen molar-refractivity contribution in [2.24, 2.45) is 5.92 Å². The first kappa shape index (κ1) is 15.4. The summed E-state index contributed by atoms with van der Waals surface area (Å²) in [6.07, 6.45) is 6.04. The lowest BCUT2D eigenvalue weighted by molar-refractivity contribution is 0.357. The number of ether oxygens (including phenoxy) is 1. The van der Waals surface area contributed by atoms with E-state index < -0.39 is 0 Å². The van der Waals surface area contributed by atoms with E-state index in [0.717, 1.165) is 31.2 Å². The van der Waals surface area contributed by atoms with Crippen LogP contribution in [0.1, 0.15) is 51.2 Å². The Labute approximate surface area is 123 Å². The highest BCUT2D eigenvalue weighted by atomic mass is 16.5. The van der Waals surface area contributed by atoms with Crippen LogP contribution in [0, 0.1) is 5.92 Å². The SMILES string of the molecule is CCCNC(C)CC(C)CCc1ccc2c(c1)CCO2. The molecule has 0 aromatic heterocycles. The second-order valence-corrected chi connectivity index (χ2v) is 6.28. The molecule has 20 heavy (non-hydrogen) atoms. The Morgan fingerprint density at radius 1 is 1.30 bits per heavy atom. The lowest BCUT2D eigenvalue weighted by atomic mass is 9.94. The molecule has 0 spiro atoms. The highest BCUT2D eigenvalue weighted by Gasteiger charge is 2.13. The average Bonchev–Trinajstić information content (AvgIpc) is 2.90. The molecular weight excluding hydrogens is 246 g/mol. The third-order valence-electron chi connectivity index (χ3n) is 4.18. The first-order chi connectivity index (χ1) is 9.69. The van der Waals surface area contributed by atoms with E-state index in [4.69, 9.17) is 4.74 Å². The zero-order valence-corrected chi connectivity index (χ0v) is 13.2. The van der Waals surface area contributed by atoms with Crippen LogP contribution in [0.4, 0.5) is 0 Å². The molecule has 0 saturated carbocycles. The average molecular weight is 275 g/mol. The highest BCUT2D eigenvalue weighted by Crippen LogP contribution is 2.27.